The van der Waals surface area contributed by atoms with Crippen LogP contribution in [0.5, 0.6) is 0 Å². The molecule has 0 heterocycles. The van der Waals surface area contributed by atoms with Gasteiger partial charge < -0.3 is 10.4 Å². The van der Waals surface area contributed by atoms with E-state index in [-0.39, 0.29) is 17.7 Å². The Labute approximate surface area is 188 Å². The molecule has 4 unspecified atom stereocenters. The van der Waals surface area contributed by atoms with Gasteiger partial charge in [0.2, 0.25) is 5.91 Å². The van der Waals surface area contributed by atoms with Crippen molar-refractivity contribution in [1.82, 2.24) is 0 Å². The second kappa shape index (κ2) is 9.65. The first-order valence-electron chi connectivity index (χ1n) is 11.0. The minimum atomic E-state index is -0.966. The summed E-state index contributed by atoms with van der Waals surface area (Å²) in [5.41, 5.74) is 3.64. The third-order valence-electron chi connectivity index (χ3n) is 6.25. The number of aryl methyl sites for hydroxylation is 1. The van der Waals surface area contributed by atoms with E-state index in [1.165, 1.54) is 0 Å². The lowest BCUT2D eigenvalue weighted by Gasteiger charge is -2.37. The first-order valence-corrected chi connectivity index (χ1v) is 11.0. The fourth-order valence-corrected chi connectivity index (χ4v) is 4.64. The van der Waals surface area contributed by atoms with Gasteiger partial charge in [-0.3, -0.25) is 9.59 Å². The number of anilines is 1. The molecule has 4 atom stereocenters. The van der Waals surface area contributed by atoms with E-state index >= 15 is 0 Å². The quantitative estimate of drug-likeness (QED) is 0.502. The van der Waals surface area contributed by atoms with E-state index in [0.29, 0.717) is 5.69 Å². The third-order valence-corrected chi connectivity index (χ3v) is 6.25. The fraction of sp³-hybridized carbons (Fsp3) is 0.214. The van der Waals surface area contributed by atoms with Gasteiger partial charge in [-0.25, -0.2) is 0 Å². The van der Waals surface area contributed by atoms with Gasteiger partial charge >= 0.3 is 5.97 Å². The molecule has 4 nitrogen and oxygen atoms in total. The molecule has 0 saturated carbocycles. The van der Waals surface area contributed by atoms with Crippen LogP contribution in [0.25, 0.3) is 0 Å². The van der Waals surface area contributed by atoms with Crippen LogP contribution in [0, 0.1) is 11.8 Å². The van der Waals surface area contributed by atoms with Crippen molar-refractivity contribution >= 4 is 17.6 Å². The van der Waals surface area contributed by atoms with E-state index in [2.05, 4.69) is 12.2 Å². The maximum Gasteiger partial charge on any atom is 0.308 e. The Kier molecular flexibility index (Phi) is 6.50. The van der Waals surface area contributed by atoms with Gasteiger partial charge in [0.15, 0.2) is 0 Å². The molecule has 0 bridgehead atoms. The Balaban J connectivity index is 1.76. The van der Waals surface area contributed by atoms with Crippen molar-refractivity contribution in [2.45, 2.75) is 25.2 Å². The Hall–Kier alpha value is -3.66. The lowest BCUT2D eigenvalue weighted by Crippen LogP contribution is -2.42. The molecule has 162 valence electrons. The number of carbonyl (C=O) groups is 2. The normalized spacial score (nSPS) is 22.3. The van der Waals surface area contributed by atoms with Gasteiger partial charge in [-0.1, -0.05) is 91.9 Å². The molecule has 32 heavy (non-hydrogen) atoms. The molecule has 0 saturated heterocycles. The van der Waals surface area contributed by atoms with Gasteiger partial charge in [-0.05, 0) is 35.2 Å². The van der Waals surface area contributed by atoms with Gasteiger partial charge in [0.1, 0.15) is 0 Å². The largest absolute Gasteiger partial charge is 0.481 e. The summed E-state index contributed by atoms with van der Waals surface area (Å²) in [6, 6.07) is 26.9. The highest BCUT2D eigenvalue weighted by atomic mass is 16.4. The predicted octanol–water partition coefficient (Wildman–Crippen LogP) is 5.64. The van der Waals surface area contributed by atoms with E-state index in [4.69, 9.17) is 0 Å². The standard InChI is InChI=1S/C28H27NO3/c1-2-19-10-9-15-22(18-19)29-27(30)25-23(20-11-5-3-6-12-20)16-17-24(26(25)28(31)32)21-13-7-4-8-14-21/h3-18,23-26H,2H2,1H3,(H,29,30)(H,31,32). The second-order valence-electron chi connectivity index (χ2n) is 8.19. The molecule has 3 aromatic carbocycles. The number of allylic oxidation sites excluding steroid dienone is 2. The van der Waals surface area contributed by atoms with Crippen molar-refractivity contribution < 1.29 is 14.7 Å². The molecule has 1 aliphatic rings. The monoisotopic (exact) mass is 425 g/mol. The minimum Gasteiger partial charge on any atom is -0.481 e. The molecular formula is C28H27NO3. The van der Waals surface area contributed by atoms with Crippen molar-refractivity contribution in [3.8, 4) is 0 Å². The average molecular weight is 426 g/mol. The molecule has 4 heteroatoms. The molecule has 1 amide bonds. The van der Waals surface area contributed by atoms with Gasteiger partial charge in [-0.2, -0.15) is 0 Å². The number of amides is 1. The van der Waals surface area contributed by atoms with Crippen LogP contribution in [-0.4, -0.2) is 17.0 Å². The maximum atomic E-state index is 13.6. The predicted molar refractivity (Wildman–Crippen MR) is 127 cm³/mol. The zero-order valence-corrected chi connectivity index (χ0v) is 18.0. The van der Waals surface area contributed by atoms with E-state index in [1.54, 1.807) is 0 Å². The van der Waals surface area contributed by atoms with E-state index < -0.39 is 17.8 Å². The molecular weight excluding hydrogens is 398 g/mol. The summed E-state index contributed by atoms with van der Waals surface area (Å²) in [4.78, 5) is 26.2. The van der Waals surface area contributed by atoms with Crippen LogP contribution >= 0.6 is 0 Å². The lowest BCUT2D eigenvalue weighted by atomic mass is 9.66. The average Bonchev–Trinajstić information content (AvgIpc) is 2.84. The zero-order chi connectivity index (χ0) is 22.5. The summed E-state index contributed by atoms with van der Waals surface area (Å²) < 4.78 is 0. The van der Waals surface area contributed by atoms with Crippen LogP contribution in [0.2, 0.25) is 0 Å². The number of aliphatic carboxylic acids is 1. The number of nitrogens with one attached hydrogen (secondary N) is 1. The number of carbonyl (C=O) groups excluding carboxylic acids is 1. The molecule has 0 aliphatic heterocycles. The smallest absolute Gasteiger partial charge is 0.308 e. The molecule has 0 fully saturated rings. The first-order chi connectivity index (χ1) is 15.6. The van der Waals surface area contributed by atoms with Crippen LogP contribution in [0.3, 0.4) is 0 Å². The molecule has 0 radical (unpaired) electrons. The Morgan fingerprint density at radius 2 is 1.34 bits per heavy atom. The van der Waals surface area contributed by atoms with E-state index in [1.807, 2.05) is 97.1 Å². The van der Waals surface area contributed by atoms with E-state index in [9.17, 15) is 14.7 Å². The van der Waals surface area contributed by atoms with Crippen molar-refractivity contribution in [2.75, 3.05) is 5.32 Å². The fourth-order valence-electron chi connectivity index (χ4n) is 4.64. The highest BCUT2D eigenvalue weighted by Gasteiger charge is 2.46. The molecule has 1 aliphatic carbocycles. The highest BCUT2D eigenvalue weighted by Crippen LogP contribution is 2.45. The topological polar surface area (TPSA) is 66.4 Å². The van der Waals surface area contributed by atoms with Crippen LogP contribution in [0.15, 0.2) is 97.1 Å². The number of benzene rings is 3. The summed E-state index contributed by atoms with van der Waals surface area (Å²) >= 11 is 0. The van der Waals surface area contributed by atoms with Gasteiger partial charge in [-0.15, -0.1) is 0 Å². The maximum absolute atomic E-state index is 13.6. The summed E-state index contributed by atoms with van der Waals surface area (Å²) in [6.07, 6.45) is 4.81. The third kappa shape index (κ3) is 4.50. The van der Waals surface area contributed by atoms with Crippen molar-refractivity contribution in [1.29, 1.82) is 0 Å². The number of hydrogen-bond acceptors (Lipinski definition) is 2. The summed E-state index contributed by atoms with van der Waals surface area (Å²) in [5, 5.41) is 13.3. The van der Waals surface area contributed by atoms with E-state index in [0.717, 1.165) is 23.1 Å². The van der Waals surface area contributed by atoms with Crippen LogP contribution in [0.4, 0.5) is 5.69 Å². The second-order valence-corrected chi connectivity index (χ2v) is 8.19. The van der Waals surface area contributed by atoms with Crippen LogP contribution in [-0.2, 0) is 16.0 Å². The molecule has 0 spiro atoms. The number of hydrogen-bond donors (Lipinski definition) is 2. The SMILES string of the molecule is CCc1cccc(NC(=O)C2C(c3ccccc3)C=CC(c3ccccc3)C2C(=O)O)c1. The van der Waals surface area contributed by atoms with Gasteiger partial charge in [0.05, 0.1) is 11.8 Å². The van der Waals surface area contributed by atoms with Crippen LogP contribution < -0.4 is 5.32 Å². The summed E-state index contributed by atoms with van der Waals surface area (Å²) in [6.45, 7) is 2.06. The number of rotatable bonds is 6. The first kappa shape index (κ1) is 21.6. The minimum absolute atomic E-state index is 0.273. The van der Waals surface area contributed by atoms with Crippen LogP contribution in [0.1, 0.15) is 35.4 Å². The molecule has 2 N–H and O–H groups in total. The summed E-state index contributed by atoms with van der Waals surface area (Å²) in [5.74, 6) is -3.59. The summed E-state index contributed by atoms with van der Waals surface area (Å²) in [7, 11) is 0. The number of carboxylic acids is 1. The van der Waals surface area contributed by atoms with Gasteiger partial charge in [0.25, 0.3) is 0 Å². The van der Waals surface area contributed by atoms with Gasteiger partial charge in [0, 0.05) is 17.5 Å². The lowest BCUT2D eigenvalue weighted by molar-refractivity contribution is -0.147. The highest BCUT2D eigenvalue weighted by molar-refractivity contribution is 5.96. The zero-order valence-electron chi connectivity index (χ0n) is 18.0. The van der Waals surface area contributed by atoms with Crippen molar-refractivity contribution in [3.05, 3.63) is 114 Å². The Bertz CT molecular complexity index is 1110. The molecule has 3 aromatic rings. The van der Waals surface area contributed by atoms with Crippen molar-refractivity contribution in [2.24, 2.45) is 11.8 Å². The Morgan fingerprint density at radius 1 is 0.781 bits per heavy atom. The Morgan fingerprint density at radius 3 is 1.88 bits per heavy atom. The van der Waals surface area contributed by atoms with Crippen molar-refractivity contribution in [3.63, 3.8) is 0 Å². The number of carboxylic acid groups (broad SMARTS) is 1. The molecule has 4 rings (SSSR count). The molecule has 0 aromatic heterocycles.